The van der Waals surface area contributed by atoms with E-state index in [1.165, 1.54) is 5.56 Å². The lowest BCUT2D eigenvalue weighted by molar-refractivity contribution is 0.462. The Morgan fingerprint density at radius 3 is 2.50 bits per heavy atom. The number of hydrogen-bond donors (Lipinski definition) is 1. The molecule has 0 spiro atoms. The Labute approximate surface area is 117 Å². The predicted octanol–water partition coefficient (Wildman–Crippen LogP) is 5.09. The van der Waals surface area contributed by atoms with Gasteiger partial charge in [0.1, 0.15) is 5.75 Å². The van der Waals surface area contributed by atoms with Gasteiger partial charge < -0.3 is 5.11 Å². The molecule has 0 heterocycles. The fourth-order valence-electron chi connectivity index (χ4n) is 2.28. The van der Waals surface area contributed by atoms with Crippen molar-refractivity contribution in [3.05, 3.63) is 64.1 Å². The molecule has 0 amide bonds. The zero-order chi connectivity index (χ0) is 13.0. The van der Waals surface area contributed by atoms with Gasteiger partial charge >= 0.3 is 0 Å². The molecule has 94 valence electrons. The van der Waals surface area contributed by atoms with Crippen molar-refractivity contribution in [3.8, 4) is 5.75 Å². The van der Waals surface area contributed by atoms with Crippen molar-refractivity contribution in [2.24, 2.45) is 0 Å². The number of hydrogen-bond acceptors (Lipinski definition) is 1. The van der Waals surface area contributed by atoms with Crippen molar-refractivity contribution in [2.75, 3.05) is 0 Å². The molecule has 0 saturated carbocycles. The second kappa shape index (κ2) is 6.05. The van der Waals surface area contributed by atoms with Crippen LogP contribution in [0.15, 0.2) is 53.0 Å². The van der Waals surface area contributed by atoms with Gasteiger partial charge in [-0.2, -0.15) is 0 Å². The minimum absolute atomic E-state index is 0.258. The van der Waals surface area contributed by atoms with Crippen molar-refractivity contribution in [1.82, 2.24) is 0 Å². The molecule has 0 radical (unpaired) electrons. The molecule has 0 aliphatic rings. The van der Waals surface area contributed by atoms with Crippen LogP contribution < -0.4 is 0 Å². The summed E-state index contributed by atoms with van der Waals surface area (Å²) in [4.78, 5) is 0. The molecule has 2 rings (SSSR count). The zero-order valence-electron chi connectivity index (χ0n) is 10.4. The number of rotatable bonds is 4. The van der Waals surface area contributed by atoms with Gasteiger partial charge in [0.05, 0.1) is 0 Å². The molecule has 0 fully saturated rings. The van der Waals surface area contributed by atoms with Gasteiger partial charge in [-0.1, -0.05) is 59.6 Å². The van der Waals surface area contributed by atoms with Gasteiger partial charge in [0.25, 0.3) is 0 Å². The normalized spacial score (nSPS) is 12.3. The third-order valence-corrected chi connectivity index (χ3v) is 3.64. The highest BCUT2D eigenvalue weighted by Gasteiger charge is 2.16. The van der Waals surface area contributed by atoms with Gasteiger partial charge in [0.2, 0.25) is 0 Å². The summed E-state index contributed by atoms with van der Waals surface area (Å²) in [6, 6.07) is 16.0. The number of halogens is 1. The van der Waals surface area contributed by atoms with Crippen molar-refractivity contribution in [3.63, 3.8) is 0 Å². The third-order valence-electron chi connectivity index (χ3n) is 3.14. The first-order chi connectivity index (χ1) is 8.72. The van der Waals surface area contributed by atoms with Crippen LogP contribution in [-0.4, -0.2) is 5.11 Å². The molecule has 2 aromatic rings. The maximum absolute atomic E-state index is 10.1. The molecule has 0 saturated heterocycles. The van der Waals surface area contributed by atoms with Gasteiger partial charge in [-0.15, -0.1) is 0 Å². The number of phenolic OH excluding ortho intramolecular Hbond substituents is 1. The molecule has 18 heavy (non-hydrogen) atoms. The summed E-state index contributed by atoms with van der Waals surface area (Å²) in [6.45, 7) is 2.17. The molecule has 0 bridgehead atoms. The molecule has 0 aliphatic carbocycles. The summed E-state index contributed by atoms with van der Waals surface area (Å²) < 4.78 is 1.01. The lowest BCUT2D eigenvalue weighted by Gasteiger charge is -2.18. The van der Waals surface area contributed by atoms with Crippen molar-refractivity contribution in [2.45, 2.75) is 25.7 Å². The standard InChI is InChI=1S/C16H17BrO/c1-2-6-14(12-7-4-3-5-8-12)15-11-13(17)9-10-16(15)18/h3-5,7-11,14,18H,2,6H2,1H3. The molecule has 2 aromatic carbocycles. The average molecular weight is 305 g/mol. The highest BCUT2D eigenvalue weighted by atomic mass is 79.9. The topological polar surface area (TPSA) is 20.2 Å². The second-order valence-electron chi connectivity index (χ2n) is 4.46. The van der Waals surface area contributed by atoms with E-state index >= 15 is 0 Å². The summed E-state index contributed by atoms with van der Waals surface area (Å²) in [5.41, 5.74) is 2.25. The molecular formula is C16H17BrO. The summed E-state index contributed by atoms with van der Waals surface area (Å²) in [5, 5.41) is 10.1. The smallest absolute Gasteiger partial charge is 0.119 e. The van der Waals surface area contributed by atoms with Crippen LogP contribution in [0.2, 0.25) is 0 Å². The molecule has 1 unspecified atom stereocenters. The zero-order valence-corrected chi connectivity index (χ0v) is 12.0. The maximum Gasteiger partial charge on any atom is 0.119 e. The quantitative estimate of drug-likeness (QED) is 0.834. The van der Waals surface area contributed by atoms with E-state index in [1.54, 1.807) is 6.07 Å². The molecule has 1 N–H and O–H groups in total. The van der Waals surface area contributed by atoms with Crippen LogP contribution in [0, 0.1) is 0 Å². The minimum Gasteiger partial charge on any atom is -0.508 e. The number of phenols is 1. The Morgan fingerprint density at radius 2 is 1.83 bits per heavy atom. The highest BCUT2D eigenvalue weighted by molar-refractivity contribution is 9.10. The molecule has 0 aliphatic heterocycles. The largest absolute Gasteiger partial charge is 0.508 e. The van der Waals surface area contributed by atoms with Gasteiger partial charge in [0.15, 0.2) is 0 Å². The van der Waals surface area contributed by atoms with E-state index in [-0.39, 0.29) is 5.92 Å². The highest BCUT2D eigenvalue weighted by Crippen LogP contribution is 2.36. The van der Waals surface area contributed by atoms with Gasteiger partial charge in [0, 0.05) is 16.0 Å². The van der Waals surface area contributed by atoms with Crippen LogP contribution in [0.4, 0.5) is 0 Å². The van der Waals surface area contributed by atoms with E-state index in [4.69, 9.17) is 0 Å². The van der Waals surface area contributed by atoms with E-state index < -0.39 is 0 Å². The van der Waals surface area contributed by atoms with Gasteiger partial charge in [-0.3, -0.25) is 0 Å². The monoisotopic (exact) mass is 304 g/mol. The summed E-state index contributed by atoms with van der Waals surface area (Å²) in [7, 11) is 0. The fraction of sp³-hybridized carbons (Fsp3) is 0.250. The molecule has 1 nitrogen and oxygen atoms in total. The van der Waals surface area contributed by atoms with Crippen molar-refractivity contribution < 1.29 is 5.11 Å². The Hall–Kier alpha value is -1.28. The molecule has 1 atom stereocenters. The lowest BCUT2D eigenvalue weighted by Crippen LogP contribution is -2.01. The fourth-order valence-corrected chi connectivity index (χ4v) is 2.66. The van der Waals surface area contributed by atoms with E-state index in [1.807, 2.05) is 30.3 Å². The summed E-state index contributed by atoms with van der Waals surface area (Å²) >= 11 is 3.48. The lowest BCUT2D eigenvalue weighted by atomic mass is 9.87. The molecule has 2 heteroatoms. The summed E-state index contributed by atoms with van der Waals surface area (Å²) in [6.07, 6.45) is 2.12. The average Bonchev–Trinajstić information content (AvgIpc) is 2.40. The Kier molecular flexibility index (Phi) is 4.43. The Bertz CT molecular complexity index is 508. The van der Waals surface area contributed by atoms with Crippen LogP contribution in [0.5, 0.6) is 5.75 Å². The Morgan fingerprint density at radius 1 is 1.11 bits per heavy atom. The van der Waals surface area contributed by atoms with Gasteiger partial charge in [-0.05, 0) is 30.2 Å². The van der Waals surface area contributed by atoms with Crippen molar-refractivity contribution >= 4 is 15.9 Å². The van der Waals surface area contributed by atoms with E-state index in [0.29, 0.717) is 5.75 Å². The predicted molar refractivity (Wildman–Crippen MR) is 79.0 cm³/mol. The van der Waals surface area contributed by atoms with Crippen LogP contribution >= 0.6 is 15.9 Å². The number of aromatic hydroxyl groups is 1. The van der Waals surface area contributed by atoms with Crippen LogP contribution in [0.3, 0.4) is 0 Å². The first-order valence-electron chi connectivity index (χ1n) is 6.25. The number of benzene rings is 2. The van der Waals surface area contributed by atoms with E-state index in [0.717, 1.165) is 22.9 Å². The summed E-state index contributed by atoms with van der Waals surface area (Å²) in [5.74, 6) is 0.634. The molecular weight excluding hydrogens is 288 g/mol. The molecule has 0 aromatic heterocycles. The SMILES string of the molecule is CCCC(c1ccccc1)c1cc(Br)ccc1O. The van der Waals surface area contributed by atoms with Crippen molar-refractivity contribution in [1.29, 1.82) is 0 Å². The van der Waals surface area contributed by atoms with E-state index in [2.05, 4.69) is 35.0 Å². The van der Waals surface area contributed by atoms with Gasteiger partial charge in [-0.25, -0.2) is 0 Å². The van der Waals surface area contributed by atoms with E-state index in [9.17, 15) is 5.11 Å². The van der Waals surface area contributed by atoms with Crippen LogP contribution in [-0.2, 0) is 0 Å². The first kappa shape index (κ1) is 13.2. The third kappa shape index (κ3) is 2.94. The van der Waals surface area contributed by atoms with Crippen LogP contribution in [0.1, 0.15) is 36.8 Å². The Balaban J connectivity index is 2.44. The second-order valence-corrected chi connectivity index (χ2v) is 5.37. The first-order valence-corrected chi connectivity index (χ1v) is 7.05. The minimum atomic E-state index is 0.258. The van der Waals surface area contributed by atoms with Crippen LogP contribution in [0.25, 0.3) is 0 Å². The maximum atomic E-state index is 10.1.